The summed E-state index contributed by atoms with van der Waals surface area (Å²) in [6, 6.07) is 13.9. The summed E-state index contributed by atoms with van der Waals surface area (Å²) in [5, 5.41) is 3.64. The standard InChI is InChI=1S/C22H23NO5/c1-3-5-15-12-22(25)28-20-13-18(10-11-19(15)20)27-14-21(24)23-16-6-8-17(9-7-16)26-4-2/h6-13H,3-5,14H2,1-2H3,(H,23,24). The quantitative estimate of drug-likeness (QED) is 0.593. The molecule has 0 radical (unpaired) electrons. The highest BCUT2D eigenvalue weighted by Crippen LogP contribution is 2.23. The van der Waals surface area contributed by atoms with E-state index in [-0.39, 0.29) is 18.1 Å². The van der Waals surface area contributed by atoms with Gasteiger partial charge < -0.3 is 19.2 Å². The van der Waals surface area contributed by atoms with Gasteiger partial charge in [-0.15, -0.1) is 0 Å². The van der Waals surface area contributed by atoms with Crippen LogP contribution in [0.2, 0.25) is 0 Å². The number of hydrogen-bond donors (Lipinski definition) is 1. The van der Waals surface area contributed by atoms with E-state index in [9.17, 15) is 9.59 Å². The molecule has 0 spiro atoms. The number of carbonyl (C=O) groups excluding carboxylic acids is 1. The lowest BCUT2D eigenvalue weighted by Crippen LogP contribution is -2.20. The molecule has 0 bridgehead atoms. The molecule has 28 heavy (non-hydrogen) atoms. The van der Waals surface area contributed by atoms with Crippen LogP contribution in [0.3, 0.4) is 0 Å². The molecule has 0 fully saturated rings. The predicted octanol–water partition coefficient (Wildman–Crippen LogP) is 4.16. The smallest absolute Gasteiger partial charge is 0.336 e. The van der Waals surface area contributed by atoms with E-state index in [1.165, 1.54) is 6.07 Å². The van der Waals surface area contributed by atoms with Gasteiger partial charge in [0.15, 0.2) is 6.61 Å². The Morgan fingerprint density at radius 1 is 1.00 bits per heavy atom. The average Bonchev–Trinajstić information content (AvgIpc) is 2.68. The highest BCUT2D eigenvalue weighted by Gasteiger charge is 2.09. The van der Waals surface area contributed by atoms with Crippen LogP contribution < -0.4 is 20.4 Å². The third-order valence-electron chi connectivity index (χ3n) is 4.14. The van der Waals surface area contributed by atoms with E-state index in [0.29, 0.717) is 23.6 Å². The summed E-state index contributed by atoms with van der Waals surface area (Å²) < 4.78 is 16.2. The maximum absolute atomic E-state index is 12.1. The van der Waals surface area contributed by atoms with Gasteiger partial charge in [-0.25, -0.2) is 4.79 Å². The molecule has 1 heterocycles. The number of aryl methyl sites for hydroxylation is 1. The van der Waals surface area contributed by atoms with Gasteiger partial charge in [-0.3, -0.25) is 4.79 Å². The molecule has 0 aliphatic rings. The zero-order valence-corrected chi connectivity index (χ0v) is 16.0. The van der Waals surface area contributed by atoms with E-state index in [1.807, 2.05) is 13.0 Å². The van der Waals surface area contributed by atoms with Gasteiger partial charge in [-0.2, -0.15) is 0 Å². The Kier molecular flexibility index (Phi) is 6.32. The molecule has 146 valence electrons. The minimum absolute atomic E-state index is 0.155. The number of nitrogens with one attached hydrogen (secondary N) is 1. The van der Waals surface area contributed by atoms with Gasteiger partial charge in [0.1, 0.15) is 17.1 Å². The topological polar surface area (TPSA) is 77.8 Å². The summed E-state index contributed by atoms with van der Waals surface area (Å²) in [6.07, 6.45) is 1.73. The molecule has 6 heteroatoms. The molecule has 0 saturated heterocycles. The van der Waals surface area contributed by atoms with Crippen LogP contribution in [0.25, 0.3) is 11.0 Å². The van der Waals surface area contributed by atoms with E-state index in [0.717, 1.165) is 29.5 Å². The van der Waals surface area contributed by atoms with E-state index >= 15 is 0 Å². The summed E-state index contributed by atoms with van der Waals surface area (Å²) in [5.74, 6) is 0.924. The van der Waals surface area contributed by atoms with Crippen molar-refractivity contribution >= 4 is 22.6 Å². The first-order valence-corrected chi connectivity index (χ1v) is 9.31. The van der Waals surface area contributed by atoms with Crippen molar-refractivity contribution in [2.45, 2.75) is 26.7 Å². The van der Waals surface area contributed by atoms with Gasteiger partial charge in [-0.1, -0.05) is 13.3 Å². The summed E-state index contributed by atoms with van der Waals surface area (Å²) in [6.45, 7) is 4.40. The number of benzene rings is 2. The van der Waals surface area contributed by atoms with E-state index in [2.05, 4.69) is 12.2 Å². The van der Waals surface area contributed by atoms with Crippen LogP contribution in [0.15, 0.2) is 57.7 Å². The Labute approximate surface area is 163 Å². The number of ether oxygens (including phenoxy) is 2. The number of anilines is 1. The second-order valence-corrected chi connectivity index (χ2v) is 6.29. The SMILES string of the molecule is CCCc1cc(=O)oc2cc(OCC(=O)Nc3ccc(OCC)cc3)ccc12. The van der Waals surface area contributed by atoms with Crippen LogP contribution in [0, 0.1) is 0 Å². The first-order chi connectivity index (χ1) is 13.6. The van der Waals surface area contributed by atoms with Crippen molar-refractivity contribution in [2.24, 2.45) is 0 Å². The monoisotopic (exact) mass is 381 g/mol. The number of amides is 1. The molecule has 0 atom stereocenters. The minimum Gasteiger partial charge on any atom is -0.494 e. The minimum atomic E-state index is -0.388. The average molecular weight is 381 g/mol. The van der Waals surface area contributed by atoms with Gasteiger partial charge in [0.2, 0.25) is 0 Å². The fourth-order valence-corrected chi connectivity index (χ4v) is 2.92. The summed E-state index contributed by atoms with van der Waals surface area (Å²) in [4.78, 5) is 23.9. The van der Waals surface area contributed by atoms with Crippen LogP contribution in [-0.2, 0) is 11.2 Å². The first kappa shape index (κ1) is 19.5. The van der Waals surface area contributed by atoms with Crippen LogP contribution in [0.4, 0.5) is 5.69 Å². The number of rotatable bonds is 8. The van der Waals surface area contributed by atoms with Crippen LogP contribution >= 0.6 is 0 Å². The van der Waals surface area contributed by atoms with Gasteiger partial charge in [0, 0.05) is 23.2 Å². The van der Waals surface area contributed by atoms with E-state index < -0.39 is 0 Å². The van der Waals surface area contributed by atoms with Crippen LogP contribution in [0.5, 0.6) is 11.5 Å². The third-order valence-corrected chi connectivity index (χ3v) is 4.14. The molecular weight excluding hydrogens is 358 g/mol. The lowest BCUT2D eigenvalue weighted by molar-refractivity contribution is -0.118. The van der Waals surface area contributed by atoms with Gasteiger partial charge in [0.25, 0.3) is 5.91 Å². The van der Waals surface area contributed by atoms with E-state index in [1.54, 1.807) is 36.4 Å². The van der Waals surface area contributed by atoms with Crippen molar-refractivity contribution in [3.8, 4) is 11.5 Å². The molecule has 1 amide bonds. The Bertz CT molecular complexity index is 1010. The zero-order chi connectivity index (χ0) is 19.9. The van der Waals surface area contributed by atoms with Crippen LogP contribution in [-0.4, -0.2) is 19.1 Å². The first-order valence-electron chi connectivity index (χ1n) is 9.31. The van der Waals surface area contributed by atoms with Gasteiger partial charge >= 0.3 is 5.63 Å². The molecule has 0 saturated carbocycles. The third kappa shape index (κ3) is 4.91. The van der Waals surface area contributed by atoms with Crippen molar-refractivity contribution < 1.29 is 18.7 Å². The Balaban J connectivity index is 1.64. The van der Waals surface area contributed by atoms with Crippen molar-refractivity contribution in [1.29, 1.82) is 0 Å². The maximum Gasteiger partial charge on any atom is 0.336 e. The summed E-state index contributed by atoms with van der Waals surface area (Å²) >= 11 is 0. The molecule has 2 aromatic carbocycles. The fourth-order valence-electron chi connectivity index (χ4n) is 2.92. The summed E-state index contributed by atoms with van der Waals surface area (Å²) in [7, 11) is 0. The number of hydrogen-bond acceptors (Lipinski definition) is 5. The van der Waals surface area contributed by atoms with Crippen molar-refractivity contribution in [3.05, 3.63) is 64.5 Å². The summed E-state index contributed by atoms with van der Waals surface area (Å²) in [5.41, 5.74) is 1.68. The molecule has 0 aliphatic carbocycles. The molecule has 3 rings (SSSR count). The Morgan fingerprint density at radius 3 is 2.46 bits per heavy atom. The second-order valence-electron chi connectivity index (χ2n) is 6.29. The van der Waals surface area contributed by atoms with Gasteiger partial charge in [-0.05, 0) is 55.3 Å². The molecule has 1 aromatic heterocycles. The number of fused-ring (bicyclic) bond motifs is 1. The highest BCUT2D eigenvalue weighted by molar-refractivity contribution is 5.92. The molecule has 0 aliphatic heterocycles. The largest absolute Gasteiger partial charge is 0.494 e. The molecule has 0 unspecified atom stereocenters. The van der Waals surface area contributed by atoms with E-state index in [4.69, 9.17) is 13.9 Å². The molecule has 1 N–H and O–H groups in total. The van der Waals surface area contributed by atoms with Gasteiger partial charge in [0.05, 0.1) is 6.61 Å². The molecular formula is C22H23NO5. The molecule has 6 nitrogen and oxygen atoms in total. The molecule has 3 aromatic rings. The van der Waals surface area contributed by atoms with Crippen molar-refractivity contribution in [2.75, 3.05) is 18.5 Å². The van der Waals surface area contributed by atoms with Crippen molar-refractivity contribution in [1.82, 2.24) is 0 Å². The highest BCUT2D eigenvalue weighted by atomic mass is 16.5. The van der Waals surface area contributed by atoms with Crippen LogP contribution in [0.1, 0.15) is 25.8 Å². The fraction of sp³-hybridized carbons (Fsp3) is 0.273. The lowest BCUT2D eigenvalue weighted by Gasteiger charge is -2.10. The Hall–Kier alpha value is -3.28. The lowest BCUT2D eigenvalue weighted by atomic mass is 10.1. The normalized spacial score (nSPS) is 10.6. The second kappa shape index (κ2) is 9.08. The Morgan fingerprint density at radius 2 is 1.75 bits per heavy atom. The van der Waals surface area contributed by atoms with Crippen molar-refractivity contribution in [3.63, 3.8) is 0 Å². The zero-order valence-electron chi connectivity index (χ0n) is 16.0. The number of carbonyl (C=O) groups is 1. The predicted molar refractivity (Wildman–Crippen MR) is 108 cm³/mol. The maximum atomic E-state index is 12.1.